The number of unbranched alkanes of at least 4 members (excludes halogenated alkanes) is 1. The lowest BCUT2D eigenvalue weighted by molar-refractivity contribution is -0.385. The van der Waals surface area contributed by atoms with Gasteiger partial charge in [-0.3, -0.25) is 20.2 Å². The van der Waals surface area contributed by atoms with Gasteiger partial charge in [0.15, 0.2) is 5.13 Å². The number of thiazole rings is 1. The topological polar surface area (TPSA) is 97.2 Å². The minimum absolute atomic E-state index is 0.0204. The van der Waals surface area contributed by atoms with E-state index in [1.807, 2.05) is 13.8 Å². The lowest BCUT2D eigenvalue weighted by Crippen LogP contribution is -2.14. The van der Waals surface area contributed by atoms with E-state index in [2.05, 4.69) is 22.5 Å². The van der Waals surface area contributed by atoms with Crippen molar-refractivity contribution in [2.45, 2.75) is 33.6 Å². The van der Waals surface area contributed by atoms with Crippen molar-refractivity contribution in [2.75, 3.05) is 17.2 Å². The van der Waals surface area contributed by atoms with Gasteiger partial charge in [-0.05, 0) is 32.4 Å². The van der Waals surface area contributed by atoms with E-state index in [0.29, 0.717) is 10.8 Å². The number of hydrogen-bond donors (Lipinski definition) is 2. The smallest absolute Gasteiger partial charge is 0.282 e. The first kappa shape index (κ1) is 17.9. The van der Waals surface area contributed by atoms with Crippen LogP contribution in [0.25, 0.3) is 0 Å². The average Bonchev–Trinajstić information content (AvgIpc) is 2.85. The Morgan fingerprint density at radius 1 is 1.38 bits per heavy atom. The number of nitrogens with one attached hydrogen (secondary N) is 2. The fraction of sp³-hybridized carbons (Fsp3) is 0.375. The minimum atomic E-state index is -0.552. The number of nitrogens with zero attached hydrogens (tertiary/aromatic N) is 2. The molecule has 0 aliphatic rings. The summed E-state index contributed by atoms with van der Waals surface area (Å²) in [5.74, 6) is -0.533. The van der Waals surface area contributed by atoms with E-state index in [-0.39, 0.29) is 11.3 Å². The monoisotopic (exact) mass is 348 g/mol. The van der Waals surface area contributed by atoms with Crippen LogP contribution in [0.2, 0.25) is 0 Å². The number of hydrogen-bond acceptors (Lipinski definition) is 6. The van der Waals surface area contributed by atoms with Gasteiger partial charge in [-0.2, -0.15) is 0 Å². The fourth-order valence-electron chi connectivity index (χ4n) is 2.09. The molecule has 8 heteroatoms. The number of rotatable bonds is 7. The summed E-state index contributed by atoms with van der Waals surface area (Å²) in [5.41, 5.74) is 1.32. The van der Waals surface area contributed by atoms with E-state index in [0.717, 1.165) is 30.0 Å². The van der Waals surface area contributed by atoms with Gasteiger partial charge in [0, 0.05) is 23.2 Å². The normalized spacial score (nSPS) is 10.5. The zero-order valence-electron chi connectivity index (χ0n) is 13.9. The first-order chi connectivity index (χ1) is 11.4. The Bertz CT molecular complexity index is 738. The summed E-state index contributed by atoms with van der Waals surface area (Å²) in [5, 5.41) is 17.5. The Hall–Kier alpha value is -2.48. The molecule has 1 aromatic carbocycles. The number of carbonyl (C=O) groups is 1. The second kappa shape index (κ2) is 7.87. The number of nitro groups is 1. The maximum Gasteiger partial charge on any atom is 0.282 e. The Balaban J connectivity index is 2.25. The third-order valence-electron chi connectivity index (χ3n) is 3.55. The Kier molecular flexibility index (Phi) is 5.86. The molecule has 0 aliphatic carbocycles. The molecule has 0 bridgehead atoms. The highest BCUT2D eigenvalue weighted by molar-refractivity contribution is 7.15. The van der Waals surface area contributed by atoms with Crippen LogP contribution in [0, 0.1) is 24.0 Å². The van der Waals surface area contributed by atoms with Gasteiger partial charge < -0.3 is 5.32 Å². The second-order valence-electron chi connectivity index (χ2n) is 5.38. The van der Waals surface area contributed by atoms with E-state index < -0.39 is 10.8 Å². The van der Waals surface area contributed by atoms with E-state index in [1.54, 1.807) is 6.07 Å². The third-order valence-corrected chi connectivity index (χ3v) is 4.53. The van der Waals surface area contributed by atoms with Crippen molar-refractivity contribution in [1.82, 2.24) is 4.98 Å². The van der Waals surface area contributed by atoms with Gasteiger partial charge in [0.2, 0.25) is 0 Å². The van der Waals surface area contributed by atoms with Gasteiger partial charge in [-0.1, -0.05) is 13.3 Å². The van der Waals surface area contributed by atoms with Crippen molar-refractivity contribution >= 4 is 33.8 Å². The zero-order chi connectivity index (χ0) is 17.7. The minimum Gasteiger partial charge on any atom is -0.385 e. The lowest BCUT2D eigenvalue weighted by atomic mass is 10.1. The number of benzene rings is 1. The Morgan fingerprint density at radius 3 is 2.71 bits per heavy atom. The lowest BCUT2D eigenvalue weighted by Gasteiger charge is -2.08. The van der Waals surface area contributed by atoms with Crippen molar-refractivity contribution in [3.63, 3.8) is 0 Å². The van der Waals surface area contributed by atoms with Crippen LogP contribution < -0.4 is 10.6 Å². The summed E-state index contributed by atoms with van der Waals surface area (Å²) >= 11 is 1.34. The standard InChI is InChI=1S/C16H20N4O3S/c1-4-5-8-17-12-6-7-14(20(22)23)13(9-12)15(21)19-16-18-10(2)11(3)24-16/h6-7,9,17H,4-5,8H2,1-3H3,(H,18,19,21). The summed E-state index contributed by atoms with van der Waals surface area (Å²) < 4.78 is 0. The SMILES string of the molecule is CCCCNc1ccc([N+](=O)[O-])c(C(=O)Nc2nc(C)c(C)s2)c1. The molecular weight excluding hydrogens is 328 g/mol. The van der Waals surface area contributed by atoms with Crippen molar-refractivity contribution in [3.05, 3.63) is 44.4 Å². The number of carbonyl (C=O) groups excluding carboxylic acids is 1. The van der Waals surface area contributed by atoms with Crippen molar-refractivity contribution in [1.29, 1.82) is 0 Å². The van der Waals surface area contributed by atoms with Crippen LogP contribution >= 0.6 is 11.3 Å². The third kappa shape index (κ3) is 4.29. The summed E-state index contributed by atoms with van der Waals surface area (Å²) in [6.45, 7) is 6.58. The zero-order valence-corrected chi connectivity index (χ0v) is 14.7. The molecule has 1 heterocycles. The summed E-state index contributed by atoms with van der Waals surface area (Å²) in [4.78, 5) is 28.3. The van der Waals surface area contributed by atoms with Crippen molar-refractivity contribution in [2.24, 2.45) is 0 Å². The van der Waals surface area contributed by atoms with Gasteiger partial charge >= 0.3 is 0 Å². The van der Waals surface area contributed by atoms with Crippen LogP contribution in [0.5, 0.6) is 0 Å². The second-order valence-corrected chi connectivity index (χ2v) is 6.59. The number of amides is 1. The number of aromatic nitrogens is 1. The molecule has 2 rings (SSSR count). The van der Waals surface area contributed by atoms with Crippen LogP contribution in [0.1, 0.15) is 40.7 Å². The molecular formula is C16H20N4O3S. The molecule has 128 valence electrons. The summed E-state index contributed by atoms with van der Waals surface area (Å²) in [7, 11) is 0. The maximum atomic E-state index is 12.5. The number of nitro benzene ring substituents is 1. The maximum absolute atomic E-state index is 12.5. The molecule has 0 atom stereocenters. The van der Waals surface area contributed by atoms with Crippen LogP contribution in [0.3, 0.4) is 0 Å². The summed E-state index contributed by atoms with van der Waals surface area (Å²) in [6.07, 6.45) is 2.02. The fourth-order valence-corrected chi connectivity index (χ4v) is 2.90. The molecule has 0 unspecified atom stereocenters. The highest BCUT2D eigenvalue weighted by Crippen LogP contribution is 2.26. The largest absolute Gasteiger partial charge is 0.385 e. The van der Waals surface area contributed by atoms with Gasteiger partial charge in [0.05, 0.1) is 10.6 Å². The van der Waals surface area contributed by atoms with Crippen LogP contribution in [-0.2, 0) is 0 Å². The van der Waals surface area contributed by atoms with Crippen LogP contribution in [0.15, 0.2) is 18.2 Å². The van der Waals surface area contributed by atoms with Crippen LogP contribution in [0.4, 0.5) is 16.5 Å². The Labute approximate surface area is 144 Å². The Morgan fingerprint density at radius 2 is 2.12 bits per heavy atom. The van der Waals surface area contributed by atoms with Gasteiger partial charge in [0.25, 0.3) is 11.6 Å². The average molecular weight is 348 g/mol. The van der Waals surface area contributed by atoms with E-state index in [4.69, 9.17) is 0 Å². The number of aryl methyl sites for hydroxylation is 2. The van der Waals surface area contributed by atoms with Crippen LogP contribution in [-0.4, -0.2) is 22.4 Å². The molecule has 1 amide bonds. The first-order valence-electron chi connectivity index (χ1n) is 7.70. The predicted octanol–water partition coefficient (Wildman–Crippen LogP) is 4.13. The molecule has 0 aliphatic heterocycles. The molecule has 0 saturated carbocycles. The van der Waals surface area contributed by atoms with E-state index in [9.17, 15) is 14.9 Å². The molecule has 7 nitrogen and oxygen atoms in total. The van der Waals surface area contributed by atoms with Gasteiger partial charge in [0.1, 0.15) is 5.56 Å². The molecule has 2 aromatic rings. The molecule has 0 saturated heterocycles. The van der Waals surface area contributed by atoms with Crippen molar-refractivity contribution < 1.29 is 9.72 Å². The van der Waals surface area contributed by atoms with Gasteiger partial charge in [-0.25, -0.2) is 4.98 Å². The number of anilines is 2. The van der Waals surface area contributed by atoms with E-state index in [1.165, 1.54) is 23.5 Å². The highest BCUT2D eigenvalue weighted by atomic mass is 32.1. The molecule has 0 radical (unpaired) electrons. The molecule has 2 N–H and O–H groups in total. The summed E-state index contributed by atoms with van der Waals surface area (Å²) in [6, 6.07) is 4.47. The first-order valence-corrected chi connectivity index (χ1v) is 8.51. The molecule has 0 fully saturated rings. The molecule has 0 spiro atoms. The predicted molar refractivity (Wildman–Crippen MR) is 96.0 cm³/mol. The highest BCUT2D eigenvalue weighted by Gasteiger charge is 2.21. The van der Waals surface area contributed by atoms with E-state index >= 15 is 0 Å². The van der Waals surface area contributed by atoms with Crippen molar-refractivity contribution in [3.8, 4) is 0 Å². The molecule has 24 heavy (non-hydrogen) atoms. The van der Waals surface area contributed by atoms with Gasteiger partial charge in [-0.15, -0.1) is 11.3 Å². The quantitative estimate of drug-likeness (QED) is 0.445. The molecule has 1 aromatic heterocycles.